The maximum atomic E-state index is 13.0. The molecule has 0 saturated heterocycles. The number of sulfonamides is 1. The number of nitrogens with one attached hydrogen (secondary N) is 2. The monoisotopic (exact) mass is 405 g/mol. The molecule has 27 heavy (non-hydrogen) atoms. The van der Waals surface area contributed by atoms with E-state index in [1.165, 1.54) is 0 Å². The molecular formula is C18H16FN3O3S2. The highest BCUT2D eigenvalue weighted by Gasteiger charge is 2.20. The second-order valence-corrected chi connectivity index (χ2v) is 8.34. The Labute approximate surface area is 160 Å². The van der Waals surface area contributed by atoms with Crippen molar-refractivity contribution in [2.24, 2.45) is 0 Å². The van der Waals surface area contributed by atoms with Crippen LogP contribution in [-0.4, -0.2) is 19.3 Å². The van der Waals surface area contributed by atoms with Crippen molar-refractivity contribution in [3.63, 3.8) is 0 Å². The van der Waals surface area contributed by atoms with E-state index < -0.39 is 15.8 Å². The molecule has 0 radical (unpaired) electrons. The molecule has 6 nitrogen and oxygen atoms in total. The smallest absolute Gasteiger partial charge is 0.263 e. The molecule has 3 rings (SSSR count). The van der Waals surface area contributed by atoms with E-state index in [-0.39, 0.29) is 15.9 Å². The van der Waals surface area contributed by atoms with Crippen molar-refractivity contribution in [2.75, 3.05) is 4.72 Å². The van der Waals surface area contributed by atoms with Crippen LogP contribution in [0, 0.1) is 12.7 Å². The van der Waals surface area contributed by atoms with Gasteiger partial charge in [0.05, 0.1) is 10.6 Å². The van der Waals surface area contributed by atoms with Crippen molar-refractivity contribution in [3.8, 4) is 0 Å². The number of aryl methyl sites for hydroxylation is 1. The highest BCUT2D eigenvalue weighted by atomic mass is 32.2. The summed E-state index contributed by atoms with van der Waals surface area (Å²) < 4.78 is 40.0. The van der Waals surface area contributed by atoms with Gasteiger partial charge in [-0.3, -0.25) is 9.52 Å². The maximum absolute atomic E-state index is 13.0. The van der Waals surface area contributed by atoms with Gasteiger partial charge in [0.25, 0.3) is 15.9 Å². The van der Waals surface area contributed by atoms with E-state index in [1.807, 2.05) is 30.3 Å². The minimum atomic E-state index is -3.91. The van der Waals surface area contributed by atoms with Gasteiger partial charge in [0.2, 0.25) is 0 Å². The Balaban J connectivity index is 1.72. The van der Waals surface area contributed by atoms with Crippen molar-refractivity contribution >= 4 is 32.4 Å². The largest absolute Gasteiger partial charge is 0.347 e. The lowest BCUT2D eigenvalue weighted by Crippen LogP contribution is -2.22. The summed E-state index contributed by atoms with van der Waals surface area (Å²) in [5.74, 6) is -0.863. The van der Waals surface area contributed by atoms with Gasteiger partial charge in [-0.25, -0.2) is 17.8 Å². The summed E-state index contributed by atoms with van der Waals surface area (Å²) in [5.41, 5.74) is 1.37. The highest BCUT2D eigenvalue weighted by molar-refractivity contribution is 7.93. The summed E-state index contributed by atoms with van der Waals surface area (Å²) >= 11 is 0.940. The van der Waals surface area contributed by atoms with Crippen LogP contribution in [0.3, 0.4) is 0 Å². The van der Waals surface area contributed by atoms with Gasteiger partial charge in [0.15, 0.2) is 5.13 Å². The number of aromatic nitrogens is 1. The van der Waals surface area contributed by atoms with Crippen LogP contribution in [-0.2, 0) is 16.6 Å². The first-order valence-corrected chi connectivity index (χ1v) is 10.2. The molecule has 0 aliphatic heterocycles. The number of anilines is 1. The summed E-state index contributed by atoms with van der Waals surface area (Å²) in [4.78, 5) is 16.7. The predicted molar refractivity (Wildman–Crippen MR) is 102 cm³/mol. The molecule has 3 aromatic rings. The topological polar surface area (TPSA) is 88.2 Å². The van der Waals surface area contributed by atoms with Gasteiger partial charge in [-0.05, 0) is 36.8 Å². The number of carbonyl (C=O) groups excluding carboxylic acids is 1. The minimum absolute atomic E-state index is 0.0710. The molecule has 0 unspecified atom stereocenters. The minimum Gasteiger partial charge on any atom is -0.347 e. The Morgan fingerprint density at radius 3 is 2.44 bits per heavy atom. The molecule has 0 fully saturated rings. The number of carbonyl (C=O) groups is 1. The zero-order valence-electron chi connectivity index (χ0n) is 14.3. The second-order valence-electron chi connectivity index (χ2n) is 5.66. The Morgan fingerprint density at radius 2 is 1.78 bits per heavy atom. The predicted octanol–water partition coefficient (Wildman–Crippen LogP) is 3.32. The zero-order valence-corrected chi connectivity index (χ0v) is 15.9. The number of nitrogens with zero attached hydrogens (tertiary/aromatic N) is 1. The van der Waals surface area contributed by atoms with Crippen molar-refractivity contribution in [1.29, 1.82) is 0 Å². The first-order chi connectivity index (χ1) is 12.8. The normalized spacial score (nSPS) is 11.2. The fourth-order valence-corrected chi connectivity index (χ4v) is 4.41. The van der Waals surface area contributed by atoms with Gasteiger partial charge in [0.1, 0.15) is 10.7 Å². The molecule has 0 saturated carbocycles. The van der Waals surface area contributed by atoms with Crippen LogP contribution in [0.4, 0.5) is 9.52 Å². The van der Waals surface area contributed by atoms with Gasteiger partial charge >= 0.3 is 0 Å². The van der Waals surface area contributed by atoms with Gasteiger partial charge < -0.3 is 5.32 Å². The number of amides is 1. The lowest BCUT2D eigenvalue weighted by molar-refractivity contribution is 0.0954. The Hall–Kier alpha value is -2.78. The van der Waals surface area contributed by atoms with Crippen molar-refractivity contribution in [1.82, 2.24) is 10.3 Å². The first-order valence-electron chi connectivity index (χ1n) is 7.93. The molecule has 1 aromatic heterocycles. The molecule has 1 heterocycles. The molecule has 9 heteroatoms. The summed E-state index contributed by atoms with van der Waals surface area (Å²) in [6, 6.07) is 13.9. The summed E-state index contributed by atoms with van der Waals surface area (Å²) in [6.45, 7) is 1.98. The van der Waals surface area contributed by atoms with E-state index in [0.717, 1.165) is 41.2 Å². The number of halogens is 1. The van der Waals surface area contributed by atoms with E-state index in [0.29, 0.717) is 17.1 Å². The Bertz CT molecular complexity index is 1050. The van der Waals surface area contributed by atoms with Crippen LogP contribution >= 0.6 is 11.3 Å². The summed E-state index contributed by atoms with van der Waals surface area (Å²) in [7, 11) is -3.91. The molecule has 0 bridgehead atoms. The average molecular weight is 405 g/mol. The Kier molecular flexibility index (Phi) is 5.52. The zero-order chi connectivity index (χ0) is 19.4. The molecule has 0 aliphatic rings. The Morgan fingerprint density at radius 1 is 1.11 bits per heavy atom. The average Bonchev–Trinajstić information content (AvgIpc) is 3.00. The van der Waals surface area contributed by atoms with Crippen LogP contribution in [0.5, 0.6) is 0 Å². The van der Waals surface area contributed by atoms with Crippen LogP contribution < -0.4 is 10.0 Å². The van der Waals surface area contributed by atoms with Crippen LogP contribution in [0.2, 0.25) is 0 Å². The standard InChI is InChI=1S/C18H16FN3O3S2/c1-12-16(17(23)20-11-13-5-3-2-4-6-13)26-18(21-12)22-27(24,25)15-9-7-14(19)8-10-15/h2-10H,11H2,1H3,(H,20,23)(H,21,22). The molecule has 0 spiro atoms. The van der Waals surface area contributed by atoms with E-state index in [1.54, 1.807) is 6.92 Å². The third kappa shape index (κ3) is 4.69. The number of thiazole rings is 1. The van der Waals surface area contributed by atoms with Crippen molar-refractivity contribution in [3.05, 3.63) is 76.5 Å². The van der Waals surface area contributed by atoms with Crippen molar-refractivity contribution in [2.45, 2.75) is 18.4 Å². The lowest BCUT2D eigenvalue weighted by Gasteiger charge is -2.05. The number of benzene rings is 2. The van der Waals surface area contributed by atoms with Crippen molar-refractivity contribution < 1.29 is 17.6 Å². The fourth-order valence-electron chi connectivity index (χ4n) is 2.30. The molecule has 2 N–H and O–H groups in total. The van der Waals surface area contributed by atoms with Gasteiger partial charge in [-0.2, -0.15) is 0 Å². The van der Waals surface area contributed by atoms with Crippen LogP contribution in [0.1, 0.15) is 20.9 Å². The highest BCUT2D eigenvalue weighted by Crippen LogP contribution is 2.25. The van der Waals surface area contributed by atoms with E-state index in [4.69, 9.17) is 0 Å². The third-order valence-electron chi connectivity index (χ3n) is 3.64. The fraction of sp³-hybridized carbons (Fsp3) is 0.111. The number of rotatable bonds is 6. The third-order valence-corrected chi connectivity index (χ3v) is 6.20. The number of hydrogen-bond acceptors (Lipinski definition) is 5. The molecule has 140 valence electrons. The van der Waals surface area contributed by atoms with Gasteiger partial charge in [0, 0.05) is 6.54 Å². The van der Waals surface area contributed by atoms with Gasteiger partial charge in [-0.15, -0.1) is 0 Å². The summed E-state index contributed by atoms with van der Waals surface area (Å²) in [6.07, 6.45) is 0. The lowest BCUT2D eigenvalue weighted by atomic mass is 10.2. The second kappa shape index (κ2) is 7.85. The van der Waals surface area contributed by atoms with E-state index in [9.17, 15) is 17.6 Å². The molecule has 2 aromatic carbocycles. The van der Waals surface area contributed by atoms with Gasteiger partial charge in [-0.1, -0.05) is 41.7 Å². The molecule has 0 atom stereocenters. The van der Waals surface area contributed by atoms with E-state index in [2.05, 4.69) is 15.0 Å². The molecule has 1 amide bonds. The SMILES string of the molecule is Cc1nc(NS(=O)(=O)c2ccc(F)cc2)sc1C(=O)NCc1ccccc1. The van der Waals surface area contributed by atoms with Crippen LogP contribution in [0.25, 0.3) is 0 Å². The molecular weight excluding hydrogens is 389 g/mol. The quantitative estimate of drug-likeness (QED) is 0.659. The maximum Gasteiger partial charge on any atom is 0.263 e. The summed E-state index contributed by atoms with van der Waals surface area (Å²) in [5, 5.41) is 2.85. The number of hydrogen-bond donors (Lipinski definition) is 2. The molecule has 0 aliphatic carbocycles. The first kappa shape index (κ1) is 19.0. The van der Waals surface area contributed by atoms with E-state index >= 15 is 0 Å². The van der Waals surface area contributed by atoms with Crippen LogP contribution in [0.15, 0.2) is 59.5 Å².